The van der Waals surface area contributed by atoms with Crippen LogP contribution in [-0.2, 0) is 9.53 Å². The number of carbonyl (C=O) groups excluding carboxylic acids is 2. The SMILES string of the molecule is CCCCCC(C)NC(=O)CCNC(=O)OC(C)(C)C. The third-order valence-electron chi connectivity index (χ3n) is 2.67. The van der Waals surface area contributed by atoms with Gasteiger partial charge in [0, 0.05) is 19.0 Å². The van der Waals surface area contributed by atoms with Crippen molar-refractivity contribution in [1.82, 2.24) is 10.6 Å². The van der Waals surface area contributed by atoms with Crippen LogP contribution < -0.4 is 10.6 Å². The molecule has 0 aliphatic rings. The van der Waals surface area contributed by atoms with Gasteiger partial charge in [0.25, 0.3) is 0 Å². The van der Waals surface area contributed by atoms with Crippen LogP contribution in [0.15, 0.2) is 0 Å². The second kappa shape index (κ2) is 9.61. The molecule has 5 nitrogen and oxygen atoms in total. The van der Waals surface area contributed by atoms with E-state index in [2.05, 4.69) is 17.6 Å². The van der Waals surface area contributed by atoms with E-state index in [0.29, 0.717) is 6.54 Å². The summed E-state index contributed by atoms with van der Waals surface area (Å²) in [7, 11) is 0. The summed E-state index contributed by atoms with van der Waals surface area (Å²) in [5.41, 5.74) is -0.514. The molecule has 0 aliphatic heterocycles. The molecular formula is C15H30N2O3. The zero-order valence-corrected chi connectivity index (χ0v) is 13.5. The van der Waals surface area contributed by atoms with Gasteiger partial charge in [0.05, 0.1) is 0 Å². The molecule has 1 unspecified atom stereocenters. The zero-order chi connectivity index (χ0) is 15.6. The fourth-order valence-corrected chi connectivity index (χ4v) is 1.71. The second-order valence-corrected chi connectivity index (χ2v) is 6.14. The summed E-state index contributed by atoms with van der Waals surface area (Å²) in [6.45, 7) is 9.87. The van der Waals surface area contributed by atoms with E-state index in [4.69, 9.17) is 4.74 Å². The highest BCUT2D eigenvalue weighted by Crippen LogP contribution is 2.06. The lowest BCUT2D eigenvalue weighted by Crippen LogP contribution is -2.37. The van der Waals surface area contributed by atoms with Gasteiger partial charge in [-0.15, -0.1) is 0 Å². The molecule has 20 heavy (non-hydrogen) atoms. The molecule has 0 spiro atoms. The van der Waals surface area contributed by atoms with Gasteiger partial charge in [0.1, 0.15) is 5.60 Å². The van der Waals surface area contributed by atoms with Gasteiger partial charge in [-0.25, -0.2) is 4.79 Å². The lowest BCUT2D eigenvalue weighted by molar-refractivity contribution is -0.121. The Balaban J connectivity index is 3.70. The van der Waals surface area contributed by atoms with Crippen molar-refractivity contribution in [1.29, 1.82) is 0 Å². The first-order chi connectivity index (χ1) is 9.24. The number of carbonyl (C=O) groups is 2. The number of ether oxygens (including phenoxy) is 1. The van der Waals surface area contributed by atoms with E-state index >= 15 is 0 Å². The molecule has 0 aromatic heterocycles. The molecule has 0 saturated heterocycles. The third-order valence-corrected chi connectivity index (χ3v) is 2.67. The van der Waals surface area contributed by atoms with Gasteiger partial charge in [0.15, 0.2) is 0 Å². The predicted molar refractivity (Wildman–Crippen MR) is 80.6 cm³/mol. The minimum absolute atomic E-state index is 0.0370. The Morgan fingerprint density at radius 2 is 1.85 bits per heavy atom. The summed E-state index contributed by atoms with van der Waals surface area (Å²) in [6, 6.07) is 0.190. The van der Waals surface area contributed by atoms with Crippen molar-refractivity contribution in [3.8, 4) is 0 Å². The molecule has 0 heterocycles. The lowest BCUT2D eigenvalue weighted by atomic mass is 10.1. The molecule has 0 bridgehead atoms. The van der Waals surface area contributed by atoms with Crippen LogP contribution >= 0.6 is 0 Å². The highest BCUT2D eigenvalue weighted by atomic mass is 16.6. The van der Waals surface area contributed by atoms with Gasteiger partial charge < -0.3 is 15.4 Å². The maximum Gasteiger partial charge on any atom is 0.407 e. The Hall–Kier alpha value is -1.26. The fourth-order valence-electron chi connectivity index (χ4n) is 1.71. The molecule has 0 radical (unpaired) electrons. The molecule has 0 saturated carbocycles. The molecule has 5 heteroatoms. The number of hydrogen-bond acceptors (Lipinski definition) is 3. The first-order valence-electron chi connectivity index (χ1n) is 7.50. The summed E-state index contributed by atoms with van der Waals surface area (Å²) >= 11 is 0. The van der Waals surface area contributed by atoms with E-state index in [-0.39, 0.29) is 18.4 Å². The molecule has 2 amide bonds. The number of nitrogens with one attached hydrogen (secondary N) is 2. The van der Waals surface area contributed by atoms with Gasteiger partial charge >= 0.3 is 6.09 Å². The van der Waals surface area contributed by atoms with E-state index in [9.17, 15) is 9.59 Å². The van der Waals surface area contributed by atoms with Crippen LogP contribution in [0.5, 0.6) is 0 Å². The summed E-state index contributed by atoms with van der Waals surface area (Å²) in [5, 5.41) is 5.50. The number of rotatable bonds is 8. The molecule has 1 atom stereocenters. The number of amides is 2. The van der Waals surface area contributed by atoms with Crippen molar-refractivity contribution >= 4 is 12.0 Å². The Labute approximate surface area is 122 Å². The zero-order valence-electron chi connectivity index (χ0n) is 13.5. The van der Waals surface area contributed by atoms with E-state index in [1.807, 2.05) is 6.92 Å². The summed E-state index contributed by atoms with van der Waals surface area (Å²) < 4.78 is 5.08. The number of unbranched alkanes of at least 4 members (excludes halogenated alkanes) is 2. The van der Waals surface area contributed by atoms with Crippen LogP contribution in [0.1, 0.15) is 66.7 Å². The monoisotopic (exact) mass is 286 g/mol. The third kappa shape index (κ3) is 11.8. The van der Waals surface area contributed by atoms with Crippen molar-refractivity contribution in [2.24, 2.45) is 0 Å². The highest BCUT2D eigenvalue weighted by Gasteiger charge is 2.16. The van der Waals surface area contributed by atoms with E-state index in [1.165, 1.54) is 12.8 Å². The van der Waals surface area contributed by atoms with Crippen molar-refractivity contribution in [2.75, 3.05) is 6.54 Å². The van der Waals surface area contributed by atoms with Gasteiger partial charge in [-0.3, -0.25) is 4.79 Å². The second-order valence-electron chi connectivity index (χ2n) is 6.14. The number of hydrogen-bond donors (Lipinski definition) is 2. The van der Waals surface area contributed by atoms with Gasteiger partial charge in [-0.2, -0.15) is 0 Å². The Kier molecular flexibility index (Phi) is 9.01. The summed E-state index contributed by atoms with van der Waals surface area (Å²) in [5.74, 6) is -0.0370. The smallest absolute Gasteiger partial charge is 0.407 e. The number of alkyl carbamates (subject to hydrolysis) is 1. The van der Waals surface area contributed by atoms with Crippen molar-refractivity contribution in [2.45, 2.75) is 78.4 Å². The van der Waals surface area contributed by atoms with E-state index in [1.54, 1.807) is 20.8 Å². The fraction of sp³-hybridized carbons (Fsp3) is 0.867. The maximum absolute atomic E-state index is 11.6. The van der Waals surface area contributed by atoms with Crippen LogP contribution in [0.2, 0.25) is 0 Å². The van der Waals surface area contributed by atoms with E-state index in [0.717, 1.165) is 12.8 Å². The molecule has 0 rings (SSSR count). The van der Waals surface area contributed by atoms with Crippen LogP contribution in [0.25, 0.3) is 0 Å². The van der Waals surface area contributed by atoms with Gasteiger partial charge in [0.2, 0.25) is 5.91 Å². The molecule has 2 N–H and O–H groups in total. The average Bonchev–Trinajstić information content (AvgIpc) is 2.26. The molecule has 118 valence electrons. The van der Waals surface area contributed by atoms with Crippen molar-refractivity contribution < 1.29 is 14.3 Å². The quantitative estimate of drug-likeness (QED) is 0.674. The minimum atomic E-state index is -0.514. The Morgan fingerprint density at radius 3 is 2.40 bits per heavy atom. The van der Waals surface area contributed by atoms with Crippen LogP contribution in [0, 0.1) is 0 Å². The average molecular weight is 286 g/mol. The molecule has 0 aromatic rings. The van der Waals surface area contributed by atoms with Crippen LogP contribution in [0.4, 0.5) is 4.79 Å². The first kappa shape index (κ1) is 18.7. The Morgan fingerprint density at radius 1 is 1.20 bits per heavy atom. The molecule has 0 aliphatic carbocycles. The molecule has 0 aromatic carbocycles. The summed E-state index contributed by atoms with van der Waals surface area (Å²) in [6.07, 6.45) is 4.30. The lowest BCUT2D eigenvalue weighted by Gasteiger charge is -2.19. The minimum Gasteiger partial charge on any atom is -0.444 e. The standard InChI is InChI=1S/C15H30N2O3/c1-6-7-8-9-12(2)17-13(18)10-11-16-14(19)20-15(3,4)5/h12H,6-11H2,1-5H3,(H,16,19)(H,17,18). The van der Waals surface area contributed by atoms with E-state index < -0.39 is 11.7 Å². The topological polar surface area (TPSA) is 67.4 Å². The van der Waals surface area contributed by atoms with Gasteiger partial charge in [-0.05, 0) is 34.1 Å². The van der Waals surface area contributed by atoms with Crippen molar-refractivity contribution in [3.05, 3.63) is 0 Å². The largest absolute Gasteiger partial charge is 0.444 e. The normalized spacial score (nSPS) is 12.7. The van der Waals surface area contributed by atoms with Crippen LogP contribution in [-0.4, -0.2) is 30.2 Å². The van der Waals surface area contributed by atoms with Gasteiger partial charge in [-0.1, -0.05) is 26.2 Å². The van der Waals surface area contributed by atoms with Crippen LogP contribution in [0.3, 0.4) is 0 Å². The van der Waals surface area contributed by atoms with Crippen molar-refractivity contribution in [3.63, 3.8) is 0 Å². The molecule has 0 fully saturated rings. The predicted octanol–water partition coefficient (Wildman–Crippen LogP) is 2.99. The Bertz CT molecular complexity index is 298. The molecular weight excluding hydrogens is 256 g/mol. The first-order valence-corrected chi connectivity index (χ1v) is 7.50. The maximum atomic E-state index is 11.6. The summed E-state index contributed by atoms with van der Waals surface area (Å²) in [4.78, 5) is 23.0. The highest BCUT2D eigenvalue weighted by molar-refractivity contribution is 5.77.